The number of aromatic nitrogens is 2. The molecule has 0 aromatic carbocycles. The summed E-state index contributed by atoms with van der Waals surface area (Å²) in [6.45, 7) is 2.20. The molecule has 0 aliphatic heterocycles. The molecule has 0 saturated heterocycles. The molecule has 1 saturated carbocycles. The second-order valence-corrected chi connectivity index (χ2v) is 5.38. The van der Waals surface area contributed by atoms with Gasteiger partial charge in [0.25, 0.3) is 0 Å². The van der Waals surface area contributed by atoms with Gasteiger partial charge in [0.05, 0.1) is 0 Å². The van der Waals surface area contributed by atoms with Crippen molar-refractivity contribution in [3.63, 3.8) is 0 Å². The molecule has 1 aromatic rings. The van der Waals surface area contributed by atoms with Crippen LogP contribution < -0.4 is 10.6 Å². The highest BCUT2D eigenvalue weighted by atomic mass is 15.1. The van der Waals surface area contributed by atoms with Gasteiger partial charge in [-0.1, -0.05) is 39.0 Å². The second kappa shape index (κ2) is 7.31. The molecule has 1 aromatic heterocycles. The smallest absolute Gasteiger partial charge is 0.134 e. The summed E-state index contributed by atoms with van der Waals surface area (Å²) in [5, 5.41) is 6.84. The highest BCUT2D eigenvalue weighted by molar-refractivity contribution is 5.57. The van der Waals surface area contributed by atoms with E-state index in [1.54, 1.807) is 6.33 Å². The molecule has 4 nitrogen and oxygen atoms in total. The maximum absolute atomic E-state index is 4.47. The van der Waals surface area contributed by atoms with E-state index < -0.39 is 0 Å². The molecule has 0 unspecified atom stereocenters. The summed E-state index contributed by atoms with van der Waals surface area (Å²) >= 11 is 0. The van der Waals surface area contributed by atoms with Crippen molar-refractivity contribution in [1.29, 1.82) is 0 Å². The molecule has 1 fully saturated rings. The number of hydrogen-bond donors (Lipinski definition) is 2. The van der Waals surface area contributed by atoms with Gasteiger partial charge in [-0.2, -0.15) is 0 Å². The molecule has 106 valence electrons. The number of nitrogens with one attached hydrogen (secondary N) is 2. The minimum atomic E-state index is 0.581. The number of rotatable bonds is 5. The third kappa shape index (κ3) is 3.82. The van der Waals surface area contributed by atoms with Gasteiger partial charge >= 0.3 is 0 Å². The molecule has 0 amide bonds. The molecule has 2 rings (SSSR count). The summed E-state index contributed by atoms with van der Waals surface area (Å²) < 4.78 is 0. The standard InChI is InChI=1S/C15H26N4/c1-3-8-13-14(16-2)17-11-18-15(13)19-12-9-6-4-5-7-10-12/h11-12H,3-10H2,1-2H3,(H2,16,17,18,19). The molecular weight excluding hydrogens is 236 g/mol. The zero-order valence-corrected chi connectivity index (χ0v) is 12.2. The molecule has 4 heteroatoms. The maximum Gasteiger partial charge on any atom is 0.134 e. The average molecular weight is 262 g/mol. The van der Waals surface area contributed by atoms with E-state index in [9.17, 15) is 0 Å². The lowest BCUT2D eigenvalue weighted by molar-refractivity contribution is 0.616. The van der Waals surface area contributed by atoms with Crippen LogP contribution in [0.4, 0.5) is 11.6 Å². The van der Waals surface area contributed by atoms with Crippen LogP contribution in [-0.4, -0.2) is 23.1 Å². The van der Waals surface area contributed by atoms with Crippen LogP contribution in [0.1, 0.15) is 57.4 Å². The van der Waals surface area contributed by atoms with Crippen molar-refractivity contribution >= 4 is 11.6 Å². The topological polar surface area (TPSA) is 49.8 Å². The van der Waals surface area contributed by atoms with Gasteiger partial charge in [0, 0.05) is 18.7 Å². The summed E-state index contributed by atoms with van der Waals surface area (Å²) in [6.07, 6.45) is 11.8. The molecule has 1 aliphatic rings. The van der Waals surface area contributed by atoms with Gasteiger partial charge in [-0.05, 0) is 19.3 Å². The van der Waals surface area contributed by atoms with E-state index in [1.807, 2.05) is 7.05 Å². The van der Waals surface area contributed by atoms with Crippen molar-refractivity contribution < 1.29 is 0 Å². The Bertz CT molecular complexity index is 384. The Morgan fingerprint density at radius 1 is 1.11 bits per heavy atom. The van der Waals surface area contributed by atoms with Gasteiger partial charge in [0.1, 0.15) is 18.0 Å². The van der Waals surface area contributed by atoms with Crippen LogP contribution in [0.5, 0.6) is 0 Å². The maximum atomic E-state index is 4.47. The third-order valence-electron chi connectivity index (χ3n) is 3.88. The molecule has 0 spiro atoms. The first-order chi connectivity index (χ1) is 9.35. The quantitative estimate of drug-likeness (QED) is 0.796. The van der Waals surface area contributed by atoms with Crippen molar-refractivity contribution in [2.75, 3.05) is 17.7 Å². The fourth-order valence-corrected chi connectivity index (χ4v) is 2.86. The first-order valence-corrected chi connectivity index (χ1v) is 7.63. The molecule has 1 heterocycles. The van der Waals surface area contributed by atoms with E-state index in [0.29, 0.717) is 6.04 Å². The van der Waals surface area contributed by atoms with E-state index in [2.05, 4.69) is 27.5 Å². The van der Waals surface area contributed by atoms with Crippen molar-refractivity contribution in [3.05, 3.63) is 11.9 Å². The SMILES string of the molecule is CCCc1c(NC)ncnc1NC1CCCCCC1. The van der Waals surface area contributed by atoms with Crippen LogP contribution >= 0.6 is 0 Å². The van der Waals surface area contributed by atoms with Crippen LogP contribution in [0.2, 0.25) is 0 Å². The van der Waals surface area contributed by atoms with Gasteiger partial charge < -0.3 is 10.6 Å². The van der Waals surface area contributed by atoms with Crippen molar-refractivity contribution in [1.82, 2.24) is 9.97 Å². The van der Waals surface area contributed by atoms with E-state index in [-0.39, 0.29) is 0 Å². The second-order valence-electron chi connectivity index (χ2n) is 5.38. The van der Waals surface area contributed by atoms with E-state index >= 15 is 0 Å². The van der Waals surface area contributed by atoms with E-state index in [0.717, 1.165) is 24.5 Å². The van der Waals surface area contributed by atoms with Gasteiger partial charge in [-0.25, -0.2) is 9.97 Å². The molecule has 19 heavy (non-hydrogen) atoms. The van der Waals surface area contributed by atoms with Crippen molar-refractivity contribution in [2.45, 2.75) is 64.3 Å². The van der Waals surface area contributed by atoms with Crippen molar-refractivity contribution in [2.24, 2.45) is 0 Å². The van der Waals surface area contributed by atoms with Crippen LogP contribution in [0.25, 0.3) is 0 Å². The third-order valence-corrected chi connectivity index (χ3v) is 3.88. The molecule has 2 N–H and O–H groups in total. The monoisotopic (exact) mass is 262 g/mol. The number of anilines is 2. The average Bonchev–Trinajstić information content (AvgIpc) is 2.69. The first-order valence-electron chi connectivity index (χ1n) is 7.63. The fraction of sp³-hybridized carbons (Fsp3) is 0.733. The molecule has 0 atom stereocenters. The fourth-order valence-electron chi connectivity index (χ4n) is 2.86. The zero-order valence-electron chi connectivity index (χ0n) is 12.2. The lowest BCUT2D eigenvalue weighted by Gasteiger charge is -2.20. The summed E-state index contributed by atoms with van der Waals surface area (Å²) in [5.41, 5.74) is 1.23. The predicted molar refractivity (Wildman–Crippen MR) is 80.7 cm³/mol. The summed E-state index contributed by atoms with van der Waals surface area (Å²) in [5.74, 6) is 2.00. The Labute approximate surface area is 116 Å². The van der Waals surface area contributed by atoms with Crippen LogP contribution in [0.3, 0.4) is 0 Å². The minimum Gasteiger partial charge on any atom is -0.373 e. The summed E-state index contributed by atoms with van der Waals surface area (Å²) in [4.78, 5) is 8.79. The van der Waals surface area contributed by atoms with E-state index in [1.165, 1.54) is 44.1 Å². The van der Waals surface area contributed by atoms with Crippen LogP contribution in [0.15, 0.2) is 6.33 Å². The predicted octanol–water partition coefficient (Wildman–Crippen LogP) is 3.61. The Morgan fingerprint density at radius 3 is 2.42 bits per heavy atom. The van der Waals surface area contributed by atoms with Gasteiger partial charge in [0.2, 0.25) is 0 Å². The number of hydrogen-bond acceptors (Lipinski definition) is 4. The van der Waals surface area contributed by atoms with Gasteiger partial charge in [-0.3, -0.25) is 0 Å². The van der Waals surface area contributed by atoms with Gasteiger partial charge in [-0.15, -0.1) is 0 Å². The lowest BCUT2D eigenvalue weighted by atomic mass is 10.1. The molecule has 0 radical (unpaired) electrons. The normalized spacial score (nSPS) is 16.9. The minimum absolute atomic E-state index is 0.581. The van der Waals surface area contributed by atoms with Crippen LogP contribution in [-0.2, 0) is 6.42 Å². The molecule has 1 aliphatic carbocycles. The van der Waals surface area contributed by atoms with E-state index in [4.69, 9.17) is 0 Å². The highest BCUT2D eigenvalue weighted by Gasteiger charge is 2.16. The van der Waals surface area contributed by atoms with Crippen LogP contribution in [0, 0.1) is 0 Å². The summed E-state index contributed by atoms with van der Waals surface area (Å²) in [6, 6.07) is 0.581. The Balaban J connectivity index is 2.13. The molecule has 0 bridgehead atoms. The Morgan fingerprint density at radius 2 is 1.79 bits per heavy atom. The highest BCUT2D eigenvalue weighted by Crippen LogP contribution is 2.25. The van der Waals surface area contributed by atoms with Crippen molar-refractivity contribution in [3.8, 4) is 0 Å². The summed E-state index contributed by atoms with van der Waals surface area (Å²) in [7, 11) is 1.93. The Kier molecular flexibility index (Phi) is 5.43. The largest absolute Gasteiger partial charge is 0.373 e. The first kappa shape index (κ1) is 14.1. The lowest BCUT2D eigenvalue weighted by Crippen LogP contribution is -2.20. The Hall–Kier alpha value is -1.32. The van der Waals surface area contributed by atoms with Gasteiger partial charge in [0.15, 0.2) is 0 Å². The zero-order chi connectivity index (χ0) is 13.5. The molecular formula is C15H26N4. The number of nitrogens with zero attached hydrogens (tertiary/aromatic N) is 2.